The van der Waals surface area contributed by atoms with Crippen LogP contribution in [0.15, 0.2) is 41.4 Å². The summed E-state index contributed by atoms with van der Waals surface area (Å²) in [6.07, 6.45) is 1.27. The fourth-order valence-corrected chi connectivity index (χ4v) is 3.51. The number of sulfonamides is 1. The maximum Gasteiger partial charge on any atom is 0.354 e. The van der Waals surface area contributed by atoms with Gasteiger partial charge in [0.1, 0.15) is 16.4 Å². The van der Waals surface area contributed by atoms with Crippen molar-refractivity contribution in [2.75, 3.05) is 20.7 Å². The number of aryl methyl sites for hydroxylation is 1. The lowest BCUT2D eigenvalue weighted by molar-refractivity contribution is -0.121. The number of halogens is 1. The van der Waals surface area contributed by atoms with Crippen molar-refractivity contribution in [3.63, 3.8) is 0 Å². The molecule has 1 aromatic carbocycles. The number of amides is 1. The molecule has 146 valence electrons. The molecule has 0 radical (unpaired) electrons. The van der Waals surface area contributed by atoms with Gasteiger partial charge in [0.15, 0.2) is 0 Å². The number of likely N-dealkylation sites (N-methyl/N-ethyl adjacent to an activating group) is 1. The molecule has 1 amide bonds. The van der Waals surface area contributed by atoms with Gasteiger partial charge in [0, 0.05) is 26.8 Å². The van der Waals surface area contributed by atoms with Crippen molar-refractivity contribution in [2.45, 2.75) is 11.4 Å². The second kappa shape index (κ2) is 8.31. The van der Waals surface area contributed by atoms with E-state index in [0.29, 0.717) is 5.56 Å². The molecule has 2 aromatic rings. The molecule has 0 aliphatic heterocycles. The Bertz CT molecular complexity index is 938. The number of methoxy groups -OCH3 is 1. The minimum Gasteiger partial charge on any atom is -0.464 e. The molecule has 0 fully saturated rings. The first kappa shape index (κ1) is 20.6. The minimum atomic E-state index is -3.97. The topological polar surface area (TPSA) is 97.7 Å². The highest BCUT2D eigenvalue weighted by atomic mass is 32.2. The van der Waals surface area contributed by atoms with Gasteiger partial charge in [-0.15, -0.1) is 0 Å². The number of hydrogen-bond acceptors (Lipinski definition) is 5. The summed E-state index contributed by atoms with van der Waals surface area (Å²) in [6, 6.07) is 6.77. The van der Waals surface area contributed by atoms with Crippen LogP contribution < -0.4 is 5.32 Å². The first-order valence-electron chi connectivity index (χ1n) is 7.87. The lowest BCUT2D eigenvalue weighted by atomic mass is 10.2. The van der Waals surface area contributed by atoms with Gasteiger partial charge in [-0.3, -0.25) is 4.79 Å². The van der Waals surface area contributed by atoms with E-state index in [2.05, 4.69) is 10.1 Å². The largest absolute Gasteiger partial charge is 0.464 e. The SMILES string of the molecule is COC(=O)c1cc(S(=O)(=O)N(C)CC(=O)NCc2ccc(F)cc2)cn1C. The van der Waals surface area contributed by atoms with Crippen LogP contribution in [0.1, 0.15) is 16.1 Å². The molecule has 27 heavy (non-hydrogen) atoms. The number of ether oxygens (including phenoxy) is 1. The molecule has 0 spiro atoms. The van der Waals surface area contributed by atoms with E-state index >= 15 is 0 Å². The predicted molar refractivity (Wildman–Crippen MR) is 94.8 cm³/mol. The van der Waals surface area contributed by atoms with Crippen molar-refractivity contribution in [2.24, 2.45) is 7.05 Å². The fraction of sp³-hybridized carbons (Fsp3) is 0.294. The van der Waals surface area contributed by atoms with E-state index in [1.54, 1.807) is 0 Å². The number of aromatic nitrogens is 1. The monoisotopic (exact) mass is 397 g/mol. The Hall–Kier alpha value is -2.72. The number of benzene rings is 1. The lowest BCUT2D eigenvalue weighted by Gasteiger charge is -2.16. The molecular weight excluding hydrogens is 377 g/mol. The molecule has 0 aliphatic rings. The third-order valence-electron chi connectivity index (χ3n) is 3.85. The maximum absolute atomic E-state index is 12.9. The van der Waals surface area contributed by atoms with Crippen LogP contribution >= 0.6 is 0 Å². The number of carbonyl (C=O) groups excluding carboxylic acids is 2. The van der Waals surface area contributed by atoms with Crippen molar-refractivity contribution < 1.29 is 27.1 Å². The number of hydrogen-bond donors (Lipinski definition) is 1. The van der Waals surface area contributed by atoms with E-state index in [9.17, 15) is 22.4 Å². The van der Waals surface area contributed by atoms with Gasteiger partial charge in [0.05, 0.1) is 13.7 Å². The summed E-state index contributed by atoms with van der Waals surface area (Å²) in [5.41, 5.74) is 0.756. The Labute approximate surface area is 156 Å². The van der Waals surface area contributed by atoms with Crippen LogP contribution in [0, 0.1) is 5.82 Å². The quantitative estimate of drug-likeness (QED) is 0.700. The number of carbonyl (C=O) groups is 2. The zero-order valence-electron chi connectivity index (χ0n) is 15.1. The zero-order valence-corrected chi connectivity index (χ0v) is 15.9. The van der Waals surface area contributed by atoms with Crippen molar-refractivity contribution in [1.29, 1.82) is 0 Å². The molecule has 0 saturated heterocycles. The Morgan fingerprint density at radius 1 is 1.26 bits per heavy atom. The average molecular weight is 397 g/mol. The molecule has 10 heteroatoms. The molecule has 0 unspecified atom stereocenters. The van der Waals surface area contributed by atoms with E-state index in [0.717, 1.165) is 4.31 Å². The molecule has 0 bridgehead atoms. The van der Waals surface area contributed by atoms with Crippen LogP contribution in [0.5, 0.6) is 0 Å². The van der Waals surface area contributed by atoms with Crippen molar-refractivity contribution in [3.05, 3.63) is 53.6 Å². The maximum atomic E-state index is 12.9. The molecule has 1 aromatic heterocycles. The first-order valence-corrected chi connectivity index (χ1v) is 9.31. The molecule has 1 heterocycles. The van der Waals surface area contributed by atoms with Gasteiger partial charge in [-0.1, -0.05) is 12.1 Å². The summed E-state index contributed by atoms with van der Waals surface area (Å²) >= 11 is 0. The van der Waals surface area contributed by atoms with Crippen LogP contribution in [0.4, 0.5) is 4.39 Å². The van der Waals surface area contributed by atoms with E-state index < -0.39 is 28.4 Å². The van der Waals surface area contributed by atoms with Crippen molar-refractivity contribution >= 4 is 21.9 Å². The Kier molecular flexibility index (Phi) is 6.34. The Balaban J connectivity index is 2.03. The van der Waals surface area contributed by atoms with Crippen LogP contribution in [0.3, 0.4) is 0 Å². The molecular formula is C17H20FN3O5S. The second-order valence-corrected chi connectivity index (χ2v) is 7.87. The Morgan fingerprint density at radius 2 is 1.89 bits per heavy atom. The molecule has 0 atom stereocenters. The van der Waals surface area contributed by atoms with Crippen LogP contribution in [0.2, 0.25) is 0 Å². The highest BCUT2D eigenvalue weighted by Gasteiger charge is 2.26. The Morgan fingerprint density at radius 3 is 2.48 bits per heavy atom. The van der Waals surface area contributed by atoms with Crippen LogP contribution in [0.25, 0.3) is 0 Å². The van der Waals surface area contributed by atoms with E-state index in [4.69, 9.17) is 0 Å². The summed E-state index contributed by atoms with van der Waals surface area (Å²) in [6.45, 7) is -0.267. The first-order chi connectivity index (χ1) is 12.6. The summed E-state index contributed by atoms with van der Waals surface area (Å²) in [5.74, 6) is -1.57. The number of rotatable bonds is 7. The summed E-state index contributed by atoms with van der Waals surface area (Å²) < 4.78 is 44.9. The van der Waals surface area contributed by atoms with Crippen LogP contribution in [-0.4, -0.2) is 49.9 Å². The molecule has 2 rings (SSSR count). The molecule has 0 aliphatic carbocycles. The highest BCUT2D eigenvalue weighted by Crippen LogP contribution is 2.18. The van der Waals surface area contributed by atoms with Crippen molar-refractivity contribution in [1.82, 2.24) is 14.2 Å². The third kappa shape index (κ3) is 4.92. The van der Waals surface area contributed by atoms with Gasteiger partial charge in [-0.2, -0.15) is 4.31 Å². The van der Waals surface area contributed by atoms with Gasteiger partial charge in [-0.05, 0) is 23.8 Å². The zero-order chi connectivity index (χ0) is 20.2. The smallest absolute Gasteiger partial charge is 0.354 e. The van der Waals surface area contributed by atoms with E-state index in [1.807, 2.05) is 0 Å². The van der Waals surface area contributed by atoms with Gasteiger partial charge < -0.3 is 14.6 Å². The van der Waals surface area contributed by atoms with Gasteiger partial charge in [0.2, 0.25) is 15.9 Å². The molecule has 0 saturated carbocycles. The normalized spacial score (nSPS) is 11.4. The minimum absolute atomic E-state index is 0.0743. The van der Waals surface area contributed by atoms with Crippen molar-refractivity contribution in [3.8, 4) is 0 Å². The lowest BCUT2D eigenvalue weighted by Crippen LogP contribution is -2.38. The van der Waals surface area contributed by atoms with Crippen LogP contribution in [-0.2, 0) is 33.1 Å². The summed E-state index contributed by atoms with van der Waals surface area (Å²) in [5, 5.41) is 2.57. The molecule has 8 nitrogen and oxygen atoms in total. The van der Waals surface area contributed by atoms with E-state index in [1.165, 1.54) is 62.3 Å². The van der Waals surface area contributed by atoms with E-state index in [-0.39, 0.29) is 23.0 Å². The second-order valence-electron chi connectivity index (χ2n) is 5.83. The summed E-state index contributed by atoms with van der Waals surface area (Å²) in [7, 11) is -0.000105. The standard InChI is InChI=1S/C17H20FN3O5S/c1-20-10-14(8-15(20)17(23)26-3)27(24,25)21(2)11-16(22)19-9-12-4-6-13(18)7-5-12/h4-8,10H,9,11H2,1-3H3,(H,19,22). The number of nitrogens with zero attached hydrogens (tertiary/aromatic N) is 2. The number of esters is 1. The van der Waals surface area contributed by atoms with Gasteiger partial charge in [-0.25, -0.2) is 17.6 Å². The molecule has 1 N–H and O–H groups in total. The fourth-order valence-electron chi connectivity index (χ4n) is 2.31. The highest BCUT2D eigenvalue weighted by molar-refractivity contribution is 7.89. The third-order valence-corrected chi connectivity index (χ3v) is 5.62. The van der Waals surface area contributed by atoms with Gasteiger partial charge >= 0.3 is 5.97 Å². The number of nitrogens with one attached hydrogen (secondary N) is 1. The van der Waals surface area contributed by atoms with Gasteiger partial charge in [0.25, 0.3) is 0 Å². The average Bonchev–Trinajstić information content (AvgIpc) is 3.03. The summed E-state index contributed by atoms with van der Waals surface area (Å²) in [4.78, 5) is 23.5. The predicted octanol–water partition coefficient (Wildman–Crippen LogP) is 0.888.